The van der Waals surface area contributed by atoms with Crippen LogP contribution in [0.4, 0.5) is 0 Å². The topological polar surface area (TPSA) is 80.9 Å². The Hall–Kier alpha value is -2.10. The number of aromatic nitrogens is 2. The Bertz CT molecular complexity index is 715. The molecule has 0 saturated carbocycles. The quantitative estimate of drug-likeness (QED) is 0.744. The second-order valence-electron chi connectivity index (χ2n) is 3.54. The SMILES string of the molecule is NCC#Cc1csc(Cn2[nH]c(=O)ccc2=O)c1. The molecule has 0 aliphatic rings. The largest absolute Gasteiger partial charge is 0.320 e. The van der Waals surface area contributed by atoms with Crippen LogP contribution in [0.15, 0.2) is 33.2 Å². The van der Waals surface area contributed by atoms with Gasteiger partial charge in [0.05, 0.1) is 13.1 Å². The Morgan fingerprint density at radius 2 is 2.22 bits per heavy atom. The Kier molecular flexibility index (Phi) is 3.77. The molecule has 3 N–H and O–H groups in total. The van der Waals surface area contributed by atoms with E-state index in [0.717, 1.165) is 10.4 Å². The smallest absolute Gasteiger partial charge is 0.265 e. The average molecular weight is 261 g/mol. The molecule has 2 aromatic heterocycles. The molecule has 18 heavy (non-hydrogen) atoms. The molecule has 2 heterocycles. The zero-order valence-corrected chi connectivity index (χ0v) is 10.3. The normalized spacial score (nSPS) is 9.83. The average Bonchev–Trinajstić information content (AvgIpc) is 2.79. The number of rotatable bonds is 2. The van der Waals surface area contributed by atoms with E-state index in [0.29, 0.717) is 13.1 Å². The zero-order valence-electron chi connectivity index (χ0n) is 9.47. The highest BCUT2D eigenvalue weighted by molar-refractivity contribution is 7.10. The van der Waals surface area contributed by atoms with E-state index >= 15 is 0 Å². The molecule has 0 amide bonds. The predicted molar refractivity (Wildman–Crippen MR) is 70.7 cm³/mol. The van der Waals surface area contributed by atoms with Gasteiger partial charge in [0.15, 0.2) is 0 Å². The highest BCUT2D eigenvalue weighted by atomic mass is 32.1. The standard InChI is InChI=1S/C12H11N3O2S/c13-5-1-2-9-6-10(18-8-9)7-15-12(17)4-3-11(16)14-15/h3-4,6,8H,5,7,13H2,(H,14,16). The maximum absolute atomic E-state index is 11.5. The van der Waals surface area contributed by atoms with Crippen molar-refractivity contribution in [3.05, 3.63) is 54.7 Å². The Morgan fingerprint density at radius 1 is 1.39 bits per heavy atom. The van der Waals surface area contributed by atoms with Crippen LogP contribution in [0.2, 0.25) is 0 Å². The van der Waals surface area contributed by atoms with E-state index in [1.165, 1.54) is 28.2 Å². The van der Waals surface area contributed by atoms with Crippen LogP contribution < -0.4 is 16.9 Å². The number of nitrogens with zero attached hydrogens (tertiary/aromatic N) is 1. The number of hydrogen-bond donors (Lipinski definition) is 2. The zero-order chi connectivity index (χ0) is 13.0. The number of hydrogen-bond acceptors (Lipinski definition) is 4. The minimum atomic E-state index is -0.297. The van der Waals surface area contributed by atoms with Gasteiger partial charge in [-0.3, -0.25) is 14.7 Å². The fraction of sp³-hybridized carbons (Fsp3) is 0.167. The summed E-state index contributed by atoms with van der Waals surface area (Å²) in [5.41, 5.74) is 5.62. The first-order valence-electron chi connectivity index (χ1n) is 5.25. The van der Waals surface area contributed by atoms with Crippen molar-refractivity contribution in [3.63, 3.8) is 0 Å². The van der Waals surface area contributed by atoms with E-state index < -0.39 is 0 Å². The summed E-state index contributed by atoms with van der Waals surface area (Å²) in [5.74, 6) is 5.67. The molecule has 0 spiro atoms. The summed E-state index contributed by atoms with van der Waals surface area (Å²) in [6.07, 6.45) is 0. The summed E-state index contributed by atoms with van der Waals surface area (Å²) in [7, 11) is 0. The van der Waals surface area contributed by atoms with Crippen molar-refractivity contribution >= 4 is 11.3 Å². The maximum atomic E-state index is 11.5. The van der Waals surface area contributed by atoms with E-state index in [2.05, 4.69) is 16.9 Å². The summed E-state index contributed by atoms with van der Waals surface area (Å²) in [4.78, 5) is 23.6. The molecule has 0 bridgehead atoms. The fourth-order valence-corrected chi connectivity index (χ4v) is 2.22. The van der Waals surface area contributed by atoms with Crippen molar-refractivity contribution in [1.82, 2.24) is 9.78 Å². The van der Waals surface area contributed by atoms with E-state index in [4.69, 9.17) is 5.73 Å². The molecule has 2 aromatic rings. The van der Waals surface area contributed by atoms with Gasteiger partial charge in [-0.1, -0.05) is 11.8 Å². The first kappa shape index (κ1) is 12.4. The van der Waals surface area contributed by atoms with E-state index in [-0.39, 0.29) is 11.1 Å². The summed E-state index contributed by atoms with van der Waals surface area (Å²) in [5, 5.41) is 4.37. The lowest BCUT2D eigenvalue weighted by Crippen LogP contribution is -2.28. The van der Waals surface area contributed by atoms with Gasteiger partial charge >= 0.3 is 0 Å². The molecule has 0 unspecified atom stereocenters. The van der Waals surface area contributed by atoms with Crippen molar-refractivity contribution in [1.29, 1.82) is 0 Å². The van der Waals surface area contributed by atoms with Gasteiger partial charge in [0.2, 0.25) is 0 Å². The van der Waals surface area contributed by atoms with Crippen LogP contribution in [0.5, 0.6) is 0 Å². The molecule has 92 valence electrons. The van der Waals surface area contributed by atoms with Gasteiger partial charge in [-0.25, -0.2) is 4.68 Å². The van der Waals surface area contributed by atoms with E-state index in [1.54, 1.807) is 0 Å². The lowest BCUT2D eigenvalue weighted by atomic mass is 10.3. The van der Waals surface area contributed by atoms with E-state index in [9.17, 15) is 9.59 Å². The lowest BCUT2D eigenvalue weighted by Gasteiger charge is -2.01. The van der Waals surface area contributed by atoms with Gasteiger partial charge in [-0.05, 0) is 6.07 Å². The number of H-pyrrole nitrogens is 1. The molecule has 0 aliphatic heterocycles. The van der Waals surface area contributed by atoms with E-state index in [1.807, 2.05) is 11.4 Å². The van der Waals surface area contributed by atoms with Gasteiger partial charge in [0.1, 0.15) is 0 Å². The van der Waals surface area contributed by atoms with Crippen molar-refractivity contribution in [2.24, 2.45) is 5.73 Å². The molecule has 0 fully saturated rings. The Morgan fingerprint density at radius 3 is 3.00 bits per heavy atom. The molecule has 0 aromatic carbocycles. The molecule has 0 atom stereocenters. The van der Waals surface area contributed by atoms with Gasteiger partial charge in [-0.15, -0.1) is 11.3 Å². The Labute approximate surface area is 107 Å². The van der Waals surface area contributed by atoms with Crippen molar-refractivity contribution in [2.75, 3.05) is 6.54 Å². The molecular formula is C12H11N3O2S. The molecule has 0 aliphatic carbocycles. The van der Waals surface area contributed by atoms with Crippen LogP contribution in [0.1, 0.15) is 10.4 Å². The second kappa shape index (κ2) is 5.49. The summed E-state index contributed by atoms with van der Waals surface area (Å²) in [6, 6.07) is 4.35. The number of nitrogens with two attached hydrogens (primary N) is 1. The molecule has 6 heteroatoms. The van der Waals surface area contributed by atoms with Gasteiger partial charge in [0, 0.05) is 28.0 Å². The highest BCUT2D eigenvalue weighted by Gasteiger charge is 2.01. The molecule has 5 nitrogen and oxygen atoms in total. The predicted octanol–water partition coefficient (Wildman–Crippen LogP) is -0.0434. The molecule has 0 saturated heterocycles. The number of thiophene rings is 1. The van der Waals surface area contributed by atoms with Crippen molar-refractivity contribution < 1.29 is 0 Å². The summed E-state index contributed by atoms with van der Waals surface area (Å²) in [6.45, 7) is 0.653. The Balaban J connectivity index is 2.24. The maximum Gasteiger partial charge on any atom is 0.265 e. The highest BCUT2D eigenvalue weighted by Crippen LogP contribution is 2.14. The van der Waals surface area contributed by atoms with Crippen LogP contribution in [-0.4, -0.2) is 16.3 Å². The summed E-state index contributed by atoms with van der Waals surface area (Å²) >= 11 is 1.48. The van der Waals surface area contributed by atoms with Gasteiger partial charge < -0.3 is 5.73 Å². The van der Waals surface area contributed by atoms with Gasteiger partial charge in [0.25, 0.3) is 11.1 Å². The second-order valence-corrected chi connectivity index (χ2v) is 4.54. The van der Waals surface area contributed by atoms with Crippen LogP contribution in [-0.2, 0) is 6.54 Å². The fourth-order valence-electron chi connectivity index (χ4n) is 1.42. The minimum absolute atomic E-state index is 0.238. The van der Waals surface area contributed by atoms with Crippen LogP contribution in [0.3, 0.4) is 0 Å². The molecule has 2 rings (SSSR count). The third kappa shape index (κ3) is 2.97. The van der Waals surface area contributed by atoms with Crippen LogP contribution in [0.25, 0.3) is 0 Å². The monoisotopic (exact) mass is 261 g/mol. The van der Waals surface area contributed by atoms with Crippen molar-refractivity contribution in [3.8, 4) is 11.8 Å². The molecular weight excluding hydrogens is 250 g/mol. The third-order valence-electron chi connectivity index (χ3n) is 2.19. The summed E-state index contributed by atoms with van der Waals surface area (Å²) < 4.78 is 1.27. The first-order valence-corrected chi connectivity index (χ1v) is 6.13. The number of nitrogens with one attached hydrogen (secondary N) is 1. The molecule has 0 radical (unpaired) electrons. The number of aromatic amines is 1. The van der Waals surface area contributed by atoms with Crippen molar-refractivity contribution in [2.45, 2.75) is 6.54 Å². The van der Waals surface area contributed by atoms with Crippen LogP contribution >= 0.6 is 11.3 Å². The van der Waals surface area contributed by atoms with Gasteiger partial charge in [-0.2, -0.15) is 0 Å². The lowest BCUT2D eigenvalue weighted by molar-refractivity contribution is 0.633. The first-order chi connectivity index (χ1) is 8.69. The third-order valence-corrected chi connectivity index (χ3v) is 3.11. The van der Waals surface area contributed by atoms with Crippen LogP contribution in [0, 0.1) is 11.8 Å². The minimum Gasteiger partial charge on any atom is -0.320 e.